The lowest BCUT2D eigenvalue weighted by atomic mass is 10.2. The van der Waals surface area contributed by atoms with Gasteiger partial charge in [0.05, 0.1) is 24.4 Å². The maximum Gasteiger partial charge on any atom is 0.230 e. The molecule has 0 aliphatic rings. The average Bonchev–Trinajstić information content (AvgIpc) is 3.00. The summed E-state index contributed by atoms with van der Waals surface area (Å²) < 4.78 is 4.88. The predicted octanol–water partition coefficient (Wildman–Crippen LogP) is 2.36. The molecule has 0 unspecified atom stereocenters. The van der Waals surface area contributed by atoms with Gasteiger partial charge in [0.15, 0.2) is 0 Å². The lowest BCUT2D eigenvalue weighted by Gasteiger charge is -2.09. The van der Waals surface area contributed by atoms with E-state index in [1.54, 1.807) is 17.8 Å². The molecule has 0 aliphatic heterocycles. The minimum atomic E-state index is -0.725. The molecule has 0 radical (unpaired) electrons. The summed E-state index contributed by atoms with van der Waals surface area (Å²) in [5.41, 5.74) is 1.87. The monoisotopic (exact) mass is 291 g/mol. The van der Waals surface area contributed by atoms with Crippen LogP contribution in [-0.2, 0) is 10.5 Å². The molecule has 1 heterocycles. The molecule has 20 heavy (non-hydrogen) atoms. The molecule has 0 bridgehead atoms. The molecular formula is C15H17NO3S. The van der Waals surface area contributed by atoms with Gasteiger partial charge in [-0.2, -0.15) is 0 Å². The molecule has 2 rings (SSSR count). The van der Waals surface area contributed by atoms with Crippen molar-refractivity contribution < 1.29 is 14.3 Å². The molecule has 106 valence electrons. The summed E-state index contributed by atoms with van der Waals surface area (Å²) in [5.74, 6) is 1.11. The third-order valence-corrected chi connectivity index (χ3v) is 3.77. The van der Waals surface area contributed by atoms with Gasteiger partial charge in [0.2, 0.25) is 5.91 Å². The number of carbonyl (C=O) groups is 1. The number of aliphatic hydroxyl groups is 1. The number of rotatable bonds is 7. The van der Waals surface area contributed by atoms with E-state index in [0.29, 0.717) is 11.3 Å². The number of aliphatic hydroxyl groups excluding tert-OH is 1. The largest absolute Gasteiger partial charge is 0.472 e. The topological polar surface area (TPSA) is 62.5 Å². The number of furan rings is 1. The summed E-state index contributed by atoms with van der Waals surface area (Å²) in [7, 11) is 0. The van der Waals surface area contributed by atoms with Crippen molar-refractivity contribution >= 4 is 17.7 Å². The van der Waals surface area contributed by atoms with Gasteiger partial charge in [0.25, 0.3) is 0 Å². The number of carbonyl (C=O) groups excluding carboxylic acids is 1. The summed E-state index contributed by atoms with van der Waals surface area (Å²) in [5, 5.41) is 12.5. The second-order valence-corrected chi connectivity index (χ2v) is 5.34. The molecular weight excluding hydrogens is 274 g/mol. The first-order valence-corrected chi connectivity index (χ1v) is 7.49. The zero-order valence-corrected chi connectivity index (χ0v) is 11.8. The minimum Gasteiger partial charge on any atom is -0.472 e. The highest BCUT2D eigenvalue weighted by Gasteiger charge is 2.10. The van der Waals surface area contributed by atoms with Gasteiger partial charge in [0.1, 0.15) is 0 Å². The molecule has 0 saturated heterocycles. The van der Waals surface area contributed by atoms with E-state index in [1.165, 1.54) is 18.1 Å². The predicted molar refractivity (Wildman–Crippen MR) is 79.3 cm³/mol. The summed E-state index contributed by atoms with van der Waals surface area (Å²) >= 11 is 1.55. The molecule has 1 aromatic carbocycles. The maximum absolute atomic E-state index is 11.6. The maximum atomic E-state index is 11.6. The van der Waals surface area contributed by atoms with Crippen molar-refractivity contribution in [3.63, 3.8) is 0 Å². The van der Waals surface area contributed by atoms with E-state index in [2.05, 4.69) is 5.32 Å². The number of nitrogens with one attached hydrogen (secondary N) is 1. The zero-order valence-electron chi connectivity index (χ0n) is 11.0. The van der Waals surface area contributed by atoms with Crippen LogP contribution in [0.2, 0.25) is 0 Å². The second kappa shape index (κ2) is 7.77. The van der Waals surface area contributed by atoms with Crippen LogP contribution in [-0.4, -0.2) is 23.3 Å². The Morgan fingerprint density at radius 3 is 2.80 bits per heavy atom. The molecule has 0 saturated carbocycles. The Morgan fingerprint density at radius 1 is 1.30 bits per heavy atom. The third-order valence-electron chi connectivity index (χ3n) is 2.77. The smallest absolute Gasteiger partial charge is 0.230 e. The van der Waals surface area contributed by atoms with Crippen LogP contribution in [0.3, 0.4) is 0 Å². The number of hydrogen-bond acceptors (Lipinski definition) is 4. The third kappa shape index (κ3) is 4.75. The number of amides is 1. The van der Waals surface area contributed by atoms with E-state index in [0.717, 1.165) is 5.75 Å². The van der Waals surface area contributed by atoms with E-state index >= 15 is 0 Å². The highest BCUT2D eigenvalue weighted by atomic mass is 32.2. The quantitative estimate of drug-likeness (QED) is 0.822. The van der Waals surface area contributed by atoms with Crippen molar-refractivity contribution in [3.05, 3.63) is 60.1 Å². The van der Waals surface area contributed by atoms with E-state index in [4.69, 9.17) is 4.42 Å². The van der Waals surface area contributed by atoms with Crippen LogP contribution in [0.1, 0.15) is 17.2 Å². The number of thioether (sulfide) groups is 1. The molecule has 0 fully saturated rings. The van der Waals surface area contributed by atoms with E-state index < -0.39 is 6.10 Å². The molecule has 2 N–H and O–H groups in total. The Kier molecular flexibility index (Phi) is 5.70. The number of benzene rings is 1. The molecule has 2 aromatic rings. The van der Waals surface area contributed by atoms with Crippen molar-refractivity contribution in [2.24, 2.45) is 0 Å². The number of hydrogen-bond donors (Lipinski definition) is 2. The first-order valence-electron chi connectivity index (χ1n) is 6.34. The fourth-order valence-corrected chi connectivity index (χ4v) is 2.50. The lowest BCUT2D eigenvalue weighted by Crippen LogP contribution is -2.29. The van der Waals surface area contributed by atoms with Gasteiger partial charge in [-0.25, -0.2) is 0 Å². The molecule has 0 aliphatic carbocycles. The van der Waals surface area contributed by atoms with Gasteiger partial charge >= 0.3 is 0 Å². The molecule has 5 heteroatoms. The Morgan fingerprint density at radius 2 is 2.10 bits per heavy atom. The fraction of sp³-hybridized carbons (Fsp3) is 0.267. The zero-order chi connectivity index (χ0) is 14.2. The highest BCUT2D eigenvalue weighted by molar-refractivity contribution is 7.99. The molecule has 1 atom stereocenters. The molecule has 4 nitrogen and oxygen atoms in total. The SMILES string of the molecule is O=C(CSCc1ccccc1)NC[C@H](O)c1ccoc1. The van der Waals surface area contributed by atoms with Crippen molar-refractivity contribution in [3.8, 4) is 0 Å². The van der Waals surface area contributed by atoms with Crippen LogP contribution in [0.4, 0.5) is 0 Å². The van der Waals surface area contributed by atoms with Gasteiger partial charge in [-0.1, -0.05) is 30.3 Å². The van der Waals surface area contributed by atoms with Gasteiger partial charge in [-0.15, -0.1) is 11.8 Å². The molecule has 1 amide bonds. The lowest BCUT2D eigenvalue weighted by molar-refractivity contribution is -0.119. The van der Waals surface area contributed by atoms with E-state index in [1.807, 2.05) is 30.3 Å². The van der Waals surface area contributed by atoms with Crippen molar-refractivity contribution in [2.45, 2.75) is 11.9 Å². The average molecular weight is 291 g/mol. The second-order valence-electron chi connectivity index (χ2n) is 4.35. The van der Waals surface area contributed by atoms with Gasteiger partial charge in [-0.3, -0.25) is 4.79 Å². The van der Waals surface area contributed by atoms with Crippen molar-refractivity contribution in [2.75, 3.05) is 12.3 Å². The summed E-state index contributed by atoms with van der Waals surface area (Å²) in [6.07, 6.45) is 2.24. The highest BCUT2D eigenvalue weighted by Crippen LogP contribution is 2.13. The van der Waals surface area contributed by atoms with Crippen LogP contribution in [0.5, 0.6) is 0 Å². The standard InChI is InChI=1S/C15H17NO3S/c17-14(13-6-7-19-9-13)8-16-15(18)11-20-10-12-4-2-1-3-5-12/h1-7,9,14,17H,8,10-11H2,(H,16,18)/t14-/m0/s1. The van der Waals surface area contributed by atoms with Crippen LogP contribution >= 0.6 is 11.8 Å². The molecule has 1 aromatic heterocycles. The normalized spacial score (nSPS) is 12.1. The van der Waals surface area contributed by atoms with Crippen molar-refractivity contribution in [1.82, 2.24) is 5.32 Å². The van der Waals surface area contributed by atoms with Crippen LogP contribution in [0.15, 0.2) is 53.3 Å². The minimum absolute atomic E-state index is 0.0755. The summed E-state index contributed by atoms with van der Waals surface area (Å²) in [6.45, 7) is 0.199. The van der Waals surface area contributed by atoms with Crippen LogP contribution in [0, 0.1) is 0 Å². The first-order chi connectivity index (χ1) is 9.75. The molecule has 0 spiro atoms. The van der Waals surface area contributed by atoms with Crippen molar-refractivity contribution in [1.29, 1.82) is 0 Å². The Bertz CT molecular complexity index is 513. The van der Waals surface area contributed by atoms with E-state index in [9.17, 15) is 9.90 Å². The van der Waals surface area contributed by atoms with Gasteiger partial charge in [0, 0.05) is 17.9 Å². The van der Waals surface area contributed by atoms with Gasteiger partial charge < -0.3 is 14.8 Å². The van der Waals surface area contributed by atoms with Gasteiger partial charge in [-0.05, 0) is 11.6 Å². The Labute approximate surface area is 122 Å². The van der Waals surface area contributed by atoms with E-state index in [-0.39, 0.29) is 12.5 Å². The summed E-state index contributed by atoms with van der Waals surface area (Å²) in [4.78, 5) is 11.6. The Balaban J connectivity index is 1.63. The first kappa shape index (κ1) is 14.7. The van der Waals surface area contributed by atoms with Crippen LogP contribution in [0.25, 0.3) is 0 Å². The Hall–Kier alpha value is -1.72. The van der Waals surface area contributed by atoms with Crippen LogP contribution < -0.4 is 5.32 Å². The fourth-order valence-electron chi connectivity index (χ4n) is 1.68. The summed E-state index contributed by atoms with van der Waals surface area (Å²) in [6, 6.07) is 11.7.